The summed E-state index contributed by atoms with van der Waals surface area (Å²) in [5.41, 5.74) is 0. The highest BCUT2D eigenvalue weighted by Gasteiger charge is 2.51. The van der Waals surface area contributed by atoms with E-state index in [2.05, 4.69) is 67.8 Å². The molecule has 0 radical (unpaired) electrons. The van der Waals surface area contributed by atoms with Gasteiger partial charge in [0.2, 0.25) is 5.91 Å². The zero-order chi connectivity index (χ0) is 70.1. The predicted molar refractivity (Wildman–Crippen MR) is 401 cm³/mol. The maximum Gasteiger partial charge on any atom is 0.220 e. The number of carbonyl (C=O) groups excluding carboxylic acids is 1. The Bertz CT molecular complexity index is 1860. The molecule has 0 aliphatic carbocycles. The van der Waals surface area contributed by atoms with Crippen molar-refractivity contribution in [2.24, 2.45) is 0 Å². The summed E-state index contributed by atoms with van der Waals surface area (Å²) in [7, 11) is 0. The number of rotatable bonds is 69. The number of nitrogens with one attached hydrogen (secondary N) is 1. The summed E-state index contributed by atoms with van der Waals surface area (Å²) in [6.45, 7) is 2.83. The highest BCUT2D eigenvalue weighted by Crippen LogP contribution is 2.30. The van der Waals surface area contributed by atoms with Crippen molar-refractivity contribution in [1.82, 2.24) is 5.32 Å². The summed E-state index contributed by atoms with van der Waals surface area (Å²) in [6, 6.07) is -0.934. The van der Waals surface area contributed by atoms with Gasteiger partial charge in [-0.2, -0.15) is 0 Å². The Morgan fingerprint density at radius 2 is 0.691 bits per heavy atom. The van der Waals surface area contributed by atoms with Crippen LogP contribution in [0.15, 0.2) is 60.8 Å². The SMILES string of the molecule is CCCCCCC/C=C\C/C=C\C/C=C\CCCCCCCCCCCCCCCCCCCCCCCCC(=O)NC(COC1OC(CO)C(OC2OC(CO)C(O)C(O)C2O)C(O)C1O)C(O)/C=C/CC/C=C/CCCCCCCCCCCCCCCCCCCCCC. The lowest BCUT2D eigenvalue weighted by molar-refractivity contribution is -0.359. The fourth-order valence-electron chi connectivity index (χ4n) is 13.4. The summed E-state index contributed by atoms with van der Waals surface area (Å²) in [5, 5.41) is 87.7. The fraction of sp³-hybridized carbons (Fsp3) is 0.867. The van der Waals surface area contributed by atoms with Crippen LogP contribution in [0.5, 0.6) is 0 Å². The third kappa shape index (κ3) is 49.9. The van der Waals surface area contributed by atoms with E-state index in [9.17, 15) is 45.6 Å². The average molecular weight is 1370 g/mol. The minimum Gasteiger partial charge on any atom is -0.394 e. The van der Waals surface area contributed by atoms with Gasteiger partial charge in [-0.1, -0.05) is 351 Å². The van der Waals surface area contributed by atoms with E-state index in [4.69, 9.17) is 18.9 Å². The van der Waals surface area contributed by atoms with Gasteiger partial charge in [0, 0.05) is 6.42 Å². The van der Waals surface area contributed by atoms with Crippen molar-refractivity contribution in [2.45, 2.75) is 441 Å². The van der Waals surface area contributed by atoms with E-state index < -0.39 is 86.8 Å². The lowest BCUT2D eigenvalue weighted by Crippen LogP contribution is -2.65. The Morgan fingerprint density at radius 1 is 0.371 bits per heavy atom. The van der Waals surface area contributed by atoms with Crippen molar-refractivity contribution in [2.75, 3.05) is 19.8 Å². The standard InChI is InChI=1S/C83H153NO13/c1-3-5-7-9-11-13-15-17-19-21-23-25-27-29-31-32-33-34-35-36-37-38-39-40-41-43-45-47-49-51-53-55-57-59-61-63-65-67-75(88)84-71(70-94-82-80(93)78(91)81(74(69-86)96-82)97-83-79(92)77(90)76(89)73(68-85)95-83)72(87)66-64-62-60-58-56-54-52-50-48-46-44-42-30-28-26-24-22-20-18-16-14-12-10-8-6-4-2/h15,17,21,23,27,29,56,58,64,66,71-74,76-83,85-87,89-93H,3-14,16,18-20,22,24-26,28,30-55,57,59-63,65,67-70H2,1-2H3,(H,84,88)/b17-15-,23-21-,29-27-,58-56+,66-64+. The summed E-state index contributed by atoms with van der Waals surface area (Å²) in [5.74, 6) is -0.243. The molecule has 2 aliphatic heterocycles. The Kier molecular flexibility index (Phi) is 62.6. The number of amides is 1. The largest absolute Gasteiger partial charge is 0.394 e. The van der Waals surface area contributed by atoms with Gasteiger partial charge in [-0.05, 0) is 70.6 Å². The zero-order valence-electron chi connectivity index (χ0n) is 62.3. The molecule has 568 valence electrons. The van der Waals surface area contributed by atoms with E-state index in [1.165, 1.54) is 289 Å². The highest BCUT2D eigenvalue weighted by molar-refractivity contribution is 5.76. The van der Waals surface area contributed by atoms with Gasteiger partial charge < -0.3 is 65.1 Å². The first-order valence-corrected chi connectivity index (χ1v) is 41.0. The van der Waals surface area contributed by atoms with Crippen LogP contribution in [0.1, 0.15) is 367 Å². The second-order valence-corrected chi connectivity index (χ2v) is 28.9. The molecule has 2 saturated heterocycles. The van der Waals surface area contributed by atoms with Crippen LogP contribution in [0.3, 0.4) is 0 Å². The lowest BCUT2D eigenvalue weighted by atomic mass is 9.97. The van der Waals surface area contributed by atoms with Crippen molar-refractivity contribution in [3.63, 3.8) is 0 Å². The van der Waals surface area contributed by atoms with Crippen molar-refractivity contribution in [3.05, 3.63) is 60.8 Å². The highest BCUT2D eigenvalue weighted by atomic mass is 16.7. The van der Waals surface area contributed by atoms with Crippen LogP contribution in [0, 0.1) is 0 Å². The van der Waals surface area contributed by atoms with Crippen molar-refractivity contribution < 1.29 is 64.6 Å². The summed E-state index contributed by atoms with van der Waals surface area (Å²) in [6.07, 6.45) is 74.6. The molecule has 1 amide bonds. The smallest absolute Gasteiger partial charge is 0.220 e. The van der Waals surface area contributed by atoms with Crippen LogP contribution in [0.25, 0.3) is 0 Å². The Balaban J connectivity index is 1.60. The zero-order valence-corrected chi connectivity index (χ0v) is 62.3. The van der Waals surface area contributed by atoms with E-state index in [-0.39, 0.29) is 18.9 Å². The van der Waals surface area contributed by atoms with Gasteiger partial charge in [-0.25, -0.2) is 0 Å². The summed E-state index contributed by atoms with van der Waals surface area (Å²) < 4.78 is 22.9. The normalized spacial score (nSPS) is 22.4. The van der Waals surface area contributed by atoms with Gasteiger partial charge in [0.25, 0.3) is 0 Å². The maximum atomic E-state index is 13.4. The van der Waals surface area contributed by atoms with Gasteiger partial charge >= 0.3 is 0 Å². The molecular formula is C83H153NO13. The molecule has 14 heteroatoms. The number of hydrogen-bond acceptors (Lipinski definition) is 13. The second kappa shape index (κ2) is 66.9. The first-order chi connectivity index (χ1) is 47.6. The third-order valence-corrected chi connectivity index (χ3v) is 19.9. The van der Waals surface area contributed by atoms with Gasteiger partial charge in [-0.15, -0.1) is 0 Å². The van der Waals surface area contributed by atoms with Crippen LogP contribution < -0.4 is 5.32 Å². The number of hydrogen-bond donors (Lipinski definition) is 9. The molecule has 0 aromatic heterocycles. The second-order valence-electron chi connectivity index (χ2n) is 28.9. The first kappa shape index (κ1) is 90.8. The summed E-state index contributed by atoms with van der Waals surface area (Å²) >= 11 is 0. The van der Waals surface area contributed by atoms with Crippen molar-refractivity contribution >= 4 is 5.91 Å². The molecule has 12 atom stereocenters. The Labute approximate surface area is 594 Å². The van der Waals surface area contributed by atoms with Gasteiger partial charge in [0.1, 0.15) is 48.8 Å². The molecule has 2 rings (SSSR count). The predicted octanol–water partition coefficient (Wildman–Crippen LogP) is 18.7. The minimum absolute atomic E-state index is 0.243. The topological polar surface area (TPSA) is 228 Å². The number of carbonyl (C=O) groups is 1. The molecule has 0 aromatic rings. The van der Waals surface area contributed by atoms with Gasteiger partial charge in [0.15, 0.2) is 12.6 Å². The molecule has 0 aromatic carbocycles. The minimum atomic E-state index is -1.79. The molecule has 2 aliphatic rings. The molecule has 0 spiro atoms. The van der Waals surface area contributed by atoms with E-state index in [1.807, 2.05) is 6.08 Å². The average Bonchev–Trinajstić information content (AvgIpc) is 0.794. The van der Waals surface area contributed by atoms with Crippen LogP contribution in [0.2, 0.25) is 0 Å². The first-order valence-electron chi connectivity index (χ1n) is 41.0. The number of aliphatic hydroxyl groups excluding tert-OH is 8. The van der Waals surface area contributed by atoms with Crippen molar-refractivity contribution in [1.29, 1.82) is 0 Å². The van der Waals surface area contributed by atoms with Gasteiger partial charge in [0.05, 0.1) is 32.0 Å². The van der Waals surface area contributed by atoms with E-state index in [1.54, 1.807) is 6.08 Å². The molecule has 2 heterocycles. The number of ether oxygens (including phenoxy) is 4. The van der Waals surface area contributed by atoms with Crippen LogP contribution in [-0.2, 0) is 23.7 Å². The Morgan fingerprint density at radius 3 is 1.08 bits per heavy atom. The third-order valence-electron chi connectivity index (χ3n) is 19.9. The molecule has 2 fully saturated rings. The van der Waals surface area contributed by atoms with E-state index in [0.717, 1.165) is 44.9 Å². The number of unbranched alkanes of at least 4 members (excludes halogenated alkanes) is 48. The van der Waals surface area contributed by atoms with Crippen molar-refractivity contribution in [3.8, 4) is 0 Å². The quantitative estimate of drug-likeness (QED) is 0.0204. The van der Waals surface area contributed by atoms with Gasteiger partial charge in [-0.3, -0.25) is 4.79 Å². The van der Waals surface area contributed by atoms with Crippen LogP contribution >= 0.6 is 0 Å². The number of allylic oxidation sites excluding steroid dienone is 9. The summed E-state index contributed by atoms with van der Waals surface area (Å²) in [4.78, 5) is 13.4. The molecular weight excluding hydrogens is 1220 g/mol. The van der Waals surface area contributed by atoms with Crippen LogP contribution in [-0.4, -0.2) is 140 Å². The molecule has 14 nitrogen and oxygen atoms in total. The molecule has 97 heavy (non-hydrogen) atoms. The number of aliphatic hydroxyl groups is 8. The van der Waals surface area contributed by atoms with E-state index in [0.29, 0.717) is 12.8 Å². The monoisotopic (exact) mass is 1370 g/mol. The molecule has 0 saturated carbocycles. The van der Waals surface area contributed by atoms with E-state index >= 15 is 0 Å². The lowest BCUT2D eigenvalue weighted by Gasteiger charge is -2.46. The molecule has 0 bridgehead atoms. The Hall–Kier alpha value is -2.31. The molecule has 12 unspecified atom stereocenters. The molecule has 9 N–H and O–H groups in total. The maximum absolute atomic E-state index is 13.4. The van der Waals surface area contributed by atoms with Crippen LogP contribution in [0.4, 0.5) is 0 Å². The fourth-order valence-corrected chi connectivity index (χ4v) is 13.4.